The summed E-state index contributed by atoms with van der Waals surface area (Å²) in [5, 5.41) is 2.48. The first kappa shape index (κ1) is 13.8. The highest BCUT2D eigenvalue weighted by molar-refractivity contribution is 6.30. The van der Waals surface area contributed by atoms with Crippen molar-refractivity contribution in [3.8, 4) is 0 Å². The molecule has 0 unspecified atom stereocenters. The van der Waals surface area contributed by atoms with Crippen LogP contribution in [0.25, 0.3) is 0 Å². The van der Waals surface area contributed by atoms with Gasteiger partial charge in [0.15, 0.2) is 0 Å². The van der Waals surface area contributed by atoms with Crippen LogP contribution in [-0.2, 0) is 4.79 Å². The summed E-state index contributed by atoms with van der Waals surface area (Å²) in [5.74, 6) is -0.0964. The molecule has 0 aromatic carbocycles. The molecule has 0 aromatic heterocycles. The minimum absolute atomic E-state index is 0.0964. The third-order valence-corrected chi connectivity index (χ3v) is 1.99. The topological polar surface area (TPSA) is 29.1 Å². The van der Waals surface area contributed by atoms with E-state index in [2.05, 4.69) is 26.1 Å². The van der Waals surface area contributed by atoms with Gasteiger partial charge in [0.25, 0.3) is 0 Å². The normalized spacial score (nSPS) is 15.1. The summed E-state index contributed by atoms with van der Waals surface area (Å²) >= 11 is 5.69. The second-order valence-electron chi connectivity index (χ2n) is 5.73. The first-order valence-corrected chi connectivity index (χ1v) is 5.43. The number of amides is 1. The van der Waals surface area contributed by atoms with Crippen LogP contribution in [0, 0.1) is 5.41 Å². The van der Waals surface area contributed by atoms with Gasteiger partial charge in [-0.15, -0.1) is 11.6 Å². The second-order valence-corrected chi connectivity index (χ2v) is 6.38. The van der Waals surface area contributed by atoms with Crippen molar-refractivity contribution in [1.82, 2.24) is 5.32 Å². The van der Waals surface area contributed by atoms with Gasteiger partial charge in [-0.3, -0.25) is 4.79 Å². The molecule has 1 N–H and O–H groups in total. The summed E-state index contributed by atoms with van der Waals surface area (Å²) in [6, 6.07) is 0. The smallest absolute Gasteiger partial charge is 0.238 e. The first-order valence-electron chi connectivity index (χ1n) is 5.00. The van der Waals surface area contributed by atoms with Gasteiger partial charge in [-0.1, -0.05) is 20.8 Å². The van der Waals surface area contributed by atoms with Crippen molar-refractivity contribution in [3.05, 3.63) is 0 Å². The van der Waals surface area contributed by atoms with E-state index in [1.54, 1.807) is 6.92 Å². The number of halogens is 1. The van der Waals surface area contributed by atoms with Gasteiger partial charge in [-0.05, 0) is 32.6 Å². The molecule has 1 amide bonds. The Morgan fingerprint density at radius 3 is 2.00 bits per heavy atom. The molecule has 0 rings (SSSR count). The summed E-state index contributed by atoms with van der Waals surface area (Å²) in [6.07, 6.45) is 0.926. The van der Waals surface area contributed by atoms with E-state index >= 15 is 0 Å². The van der Waals surface area contributed by atoms with Gasteiger partial charge in [0, 0.05) is 5.54 Å². The molecular formula is C11H22ClNO. The van der Waals surface area contributed by atoms with Crippen LogP contribution in [0.4, 0.5) is 0 Å². The fourth-order valence-corrected chi connectivity index (χ4v) is 1.86. The molecule has 0 spiro atoms. The van der Waals surface area contributed by atoms with Gasteiger partial charge in [0.2, 0.25) is 5.91 Å². The third-order valence-electron chi connectivity index (χ3n) is 1.80. The lowest BCUT2D eigenvalue weighted by atomic mass is 9.82. The highest BCUT2D eigenvalue weighted by Gasteiger charge is 2.27. The Kier molecular flexibility index (Phi) is 4.44. The third kappa shape index (κ3) is 6.25. The fraction of sp³-hybridized carbons (Fsp3) is 0.909. The maximum Gasteiger partial charge on any atom is 0.238 e. The number of rotatable bonds is 3. The number of carbonyl (C=O) groups is 1. The maximum absolute atomic E-state index is 11.4. The lowest BCUT2D eigenvalue weighted by Crippen LogP contribution is -2.48. The molecule has 0 aromatic rings. The average Bonchev–Trinajstić information content (AvgIpc) is 1.78. The molecule has 0 radical (unpaired) electrons. The second kappa shape index (κ2) is 4.52. The lowest BCUT2D eigenvalue weighted by molar-refractivity contribution is -0.122. The highest BCUT2D eigenvalue weighted by Crippen LogP contribution is 2.26. The summed E-state index contributed by atoms with van der Waals surface area (Å²) in [6.45, 7) is 12.2. The van der Waals surface area contributed by atoms with Crippen LogP contribution in [0.1, 0.15) is 48.0 Å². The van der Waals surface area contributed by atoms with Crippen molar-refractivity contribution in [2.24, 2.45) is 5.41 Å². The van der Waals surface area contributed by atoms with Gasteiger partial charge < -0.3 is 5.32 Å². The molecule has 0 heterocycles. The number of hydrogen-bond donors (Lipinski definition) is 1. The Morgan fingerprint density at radius 2 is 1.71 bits per heavy atom. The Labute approximate surface area is 92.4 Å². The standard InChI is InChI=1S/C11H22ClNO/c1-8(12)9(14)13-11(5,6)7-10(2,3)4/h8H,7H2,1-6H3,(H,13,14)/t8-/m0/s1. The summed E-state index contributed by atoms with van der Waals surface area (Å²) in [5.41, 5.74) is 0.00478. The van der Waals surface area contributed by atoms with Crippen LogP contribution in [-0.4, -0.2) is 16.8 Å². The lowest BCUT2D eigenvalue weighted by Gasteiger charge is -2.33. The molecule has 0 saturated carbocycles. The van der Waals surface area contributed by atoms with Gasteiger partial charge in [-0.25, -0.2) is 0 Å². The summed E-state index contributed by atoms with van der Waals surface area (Å²) in [4.78, 5) is 11.4. The van der Waals surface area contributed by atoms with Gasteiger partial charge in [0.1, 0.15) is 5.38 Å². The number of carbonyl (C=O) groups excluding carboxylic acids is 1. The molecule has 0 aliphatic rings. The Hall–Kier alpha value is -0.240. The molecule has 0 saturated heterocycles. The van der Waals surface area contributed by atoms with E-state index in [0.717, 1.165) is 6.42 Å². The van der Waals surface area contributed by atoms with Crippen LogP contribution in [0.3, 0.4) is 0 Å². The molecule has 2 nitrogen and oxygen atoms in total. The fourth-order valence-electron chi connectivity index (χ4n) is 1.80. The van der Waals surface area contributed by atoms with Crippen LogP contribution in [0.5, 0.6) is 0 Å². The van der Waals surface area contributed by atoms with E-state index in [4.69, 9.17) is 11.6 Å². The number of alkyl halides is 1. The monoisotopic (exact) mass is 219 g/mol. The van der Waals surface area contributed by atoms with Crippen molar-refractivity contribution in [1.29, 1.82) is 0 Å². The van der Waals surface area contributed by atoms with E-state index in [9.17, 15) is 4.79 Å². The Balaban J connectivity index is 4.28. The van der Waals surface area contributed by atoms with Gasteiger partial charge in [-0.2, -0.15) is 0 Å². The van der Waals surface area contributed by atoms with E-state index in [0.29, 0.717) is 0 Å². The Bertz CT molecular complexity index is 204. The quantitative estimate of drug-likeness (QED) is 0.727. The number of hydrogen-bond acceptors (Lipinski definition) is 1. The van der Waals surface area contributed by atoms with Crippen LogP contribution >= 0.6 is 11.6 Å². The van der Waals surface area contributed by atoms with Crippen LogP contribution < -0.4 is 5.32 Å². The van der Waals surface area contributed by atoms with Crippen LogP contribution in [0.2, 0.25) is 0 Å². The molecule has 0 aliphatic carbocycles. The maximum atomic E-state index is 11.4. The molecule has 84 valence electrons. The summed E-state index contributed by atoms with van der Waals surface area (Å²) in [7, 11) is 0. The Morgan fingerprint density at radius 1 is 1.29 bits per heavy atom. The molecule has 1 atom stereocenters. The number of nitrogens with one attached hydrogen (secondary N) is 1. The van der Waals surface area contributed by atoms with Crippen molar-refractivity contribution in [3.63, 3.8) is 0 Å². The minimum atomic E-state index is -0.464. The SMILES string of the molecule is C[C@H](Cl)C(=O)NC(C)(C)CC(C)(C)C. The summed E-state index contributed by atoms with van der Waals surface area (Å²) < 4.78 is 0. The largest absolute Gasteiger partial charge is 0.350 e. The van der Waals surface area contributed by atoms with E-state index in [-0.39, 0.29) is 16.9 Å². The van der Waals surface area contributed by atoms with Gasteiger partial charge >= 0.3 is 0 Å². The molecule has 3 heteroatoms. The zero-order chi connectivity index (χ0) is 11.6. The zero-order valence-electron chi connectivity index (χ0n) is 10.1. The van der Waals surface area contributed by atoms with E-state index in [1.807, 2.05) is 13.8 Å². The van der Waals surface area contributed by atoms with Crippen molar-refractivity contribution in [2.45, 2.75) is 58.9 Å². The van der Waals surface area contributed by atoms with E-state index < -0.39 is 5.38 Å². The van der Waals surface area contributed by atoms with Crippen molar-refractivity contribution in [2.75, 3.05) is 0 Å². The molecule has 14 heavy (non-hydrogen) atoms. The van der Waals surface area contributed by atoms with Crippen LogP contribution in [0.15, 0.2) is 0 Å². The predicted molar refractivity (Wildman–Crippen MR) is 61.6 cm³/mol. The average molecular weight is 220 g/mol. The first-order chi connectivity index (χ1) is 6.03. The molecular weight excluding hydrogens is 198 g/mol. The van der Waals surface area contributed by atoms with E-state index in [1.165, 1.54) is 0 Å². The zero-order valence-corrected chi connectivity index (χ0v) is 10.8. The van der Waals surface area contributed by atoms with Crippen molar-refractivity contribution < 1.29 is 4.79 Å². The van der Waals surface area contributed by atoms with Crippen molar-refractivity contribution >= 4 is 17.5 Å². The molecule has 0 fully saturated rings. The molecule has 0 bridgehead atoms. The van der Waals surface area contributed by atoms with Gasteiger partial charge in [0.05, 0.1) is 0 Å². The predicted octanol–water partition coefficient (Wildman–Crippen LogP) is 2.94. The molecule has 0 aliphatic heterocycles. The highest BCUT2D eigenvalue weighted by atomic mass is 35.5. The minimum Gasteiger partial charge on any atom is -0.350 e.